The number of hydrogen-bond acceptors (Lipinski definition) is 2. The molecule has 0 aliphatic carbocycles. The van der Waals surface area contributed by atoms with Gasteiger partial charge in [0, 0.05) is 13.1 Å². The lowest BCUT2D eigenvalue weighted by Gasteiger charge is -2.08. The van der Waals surface area contributed by atoms with Crippen LogP contribution in [-0.2, 0) is 19.9 Å². The molecule has 0 fully saturated rings. The van der Waals surface area contributed by atoms with Crippen molar-refractivity contribution in [1.29, 1.82) is 0 Å². The molecule has 0 amide bonds. The summed E-state index contributed by atoms with van der Waals surface area (Å²) in [6.07, 6.45) is 5.32. The maximum atomic E-state index is 5.91. The monoisotopic (exact) mass is 287 g/mol. The Labute approximate surface area is 107 Å². The Morgan fingerprint density at radius 2 is 2.12 bits per heavy atom. The van der Waals surface area contributed by atoms with Gasteiger partial charge in [-0.25, -0.2) is 0 Å². The topological polar surface area (TPSA) is 43.8 Å². The Morgan fingerprint density at radius 3 is 2.62 bits per heavy atom. The molecule has 0 aliphatic heterocycles. The fraction of sp³-hybridized carbons (Fsp3) is 0.750. The van der Waals surface area contributed by atoms with E-state index in [1.807, 2.05) is 11.7 Å². The van der Waals surface area contributed by atoms with Crippen LogP contribution in [0.3, 0.4) is 0 Å². The first kappa shape index (κ1) is 13.7. The summed E-state index contributed by atoms with van der Waals surface area (Å²) in [7, 11) is 2.01. The third kappa shape index (κ3) is 3.32. The van der Waals surface area contributed by atoms with Gasteiger partial charge in [0.1, 0.15) is 0 Å². The van der Waals surface area contributed by atoms with E-state index in [1.165, 1.54) is 10.2 Å². The van der Waals surface area contributed by atoms with Gasteiger partial charge in [0.2, 0.25) is 0 Å². The Kier molecular flexibility index (Phi) is 5.49. The van der Waals surface area contributed by atoms with Crippen molar-refractivity contribution in [3.63, 3.8) is 0 Å². The lowest BCUT2D eigenvalue weighted by molar-refractivity contribution is 0.556. The minimum absolute atomic E-state index is 0.345. The van der Waals surface area contributed by atoms with Crippen LogP contribution >= 0.6 is 15.9 Å². The van der Waals surface area contributed by atoms with Crippen LogP contribution in [-0.4, -0.2) is 15.8 Å². The van der Waals surface area contributed by atoms with Gasteiger partial charge < -0.3 is 5.73 Å². The van der Waals surface area contributed by atoms with Gasteiger partial charge in [0.05, 0.1) is 15.9 Å². The van der Waals surface area contributed by atoms with Gasteiger partial charge in [-0.05, 0) is 48.0 Å². The van der Waals surface area contributed by atoms with Crippen LogP contribution in [0, 0.1) is 0 Å². The maximum absolute atomic E-state index is 5.91. The van der Waals surface area contributed by atoms with E-state index >= 15 is 0 Å². The van der Waals surface area contributed by atoms with Gasteiger partial charge in [0.25, 0.3) is 0 Å². The van der Waals surface area contributed by atoms with E-state index in [0.717, 1.165) is 37.8 Å². The number of halogens is 1. The van der Waals surface area contributed by atoms with E-state index < -0.39 is 0 Å². The van der Waals surface area contributed by atoms with Crippen molar-refractivity contribution in [3.05, 3.63) is 15.9 Å². The number of aromatic nitrogens is 2. The highest BCUT2D eigenvalue weighted by Gasteiger charge is 2.12. The molecule has 0 radical (unpaired) electrons. The predicted octanol–water partition coefficient (Wildman–Crippen LogP) is 2.81. The van der Waals surface area contributed by atoms with Gasteiger partial charge in [-0.2, -0.15) is 5.10 Å². The molecule has 2 N–H and O–H groups in total. The summed E-state index contributed by atoms with van der Waals surface area (Å²) in [6, 6.07) is 0.345. The zero-order valence-electron chi connectivity index (χ0n) is 10.5. The first-order chi connectivity index (χ1) is 7.60. The van der Waals surface area contributed by atoms with Gasteiger partial charge in [-0.15, -0.1) is 0 Å². The smallest absolute Gasteiger partial charge is 0.0766 e. The van der Waals surface area contributed by atoms with Crippen molar-refractivity contribution < 1.29 is 0 Å². The fourth-order valence-corrected chi connectivity index (χ4v) is 2.64. The molecule has 0 bridgehead atoms. The zero-order chi connectivity index (χ0) is 12.1. The van der Waals surface area contributed by atoms with Crippen LogP contribution in [0.2, 0.25) is 0 Å². The molecule has 0 spiro atoms. The average molecular weight is 288 g/mol. The maximum Gasteiger partial charge on any atom is 0.0766 e. The van der Waals surface area contributed by atoms with Crippen molar-refractivity contribution in [2.24, 2.45) is 12.8 Å². The molecule has 1 aromatic rings. The minimum atomic E-state index is 0.345. The largest absolute Gasteiger partial charge is 0.328 e. The van der Waals surface area contributed by atoms with Crippen LogP contribution < -0.4 is 5.73 Å². The Morgan fingerprint density at radius 1 is 1.44 bits per heavy atom. The van der Waals surface area contributed by atoms with Crippen LogP contribution in [0.25, 0.3) is 0 Å². The fourth-order valence-electron chi connectivity index (χ4n) is 1.83. The highest BCUT2D eigenvalue weighted by molar-refractivity contribution is 9.10. The van der Waals surface area contributed by atoms with Gasteiger partial charge in [-0.3, -0.25) is 4.68 Å². The van der Waals surface area contributed by atoms with E-state index in [9.17, 15) is 0 Å². The molecule has 3 nitrogen and oxygen atoms in total. The van der Waals surface area contributed by atoms with Crippen molar-refractivity contribution in [2.45, 2.75) is 52.0 Å². The van der Waals surface area contributed by atoms with E-state index in [1.54, 1.807) is 0 Å². The van der Waals surface area contributed by atoms with Gasteiger partial charge >= 0.3 is 0 Å². The normalized spacial score (nSPS) is 13.1. The van der Waals surface area contributed by atoms with Gasteiger partial charge in [-0.1, -0.05) is 13.8 Å². The summed E-state index contributed by atoms with van der Waals surface area (Å²) in [5, 5.41) is 4.49. The molecule has 1 heterocycles. The molecule has 4 heteroatoms. The van der Waals surface area contributed by atoms with Crippen molar-refractivity contribution in [1.82, 2.24) is 9.78 Å². The zero-order valence-corrected chi connectivity index (χ0v) is 12.0. The Balaban J connectivity index is 2.56. The second-order valence-electron chi connectivity index (χ2n) is 4.25. The van der Waals surface area contributed by atoms with Crippen LogP contribution in [0.15, 0.2) is 4.47 Å². The summed E-state index contributed by atoms with van der Waals surface area (Å²) in [5.74, 6) is 0. The highest BCUT2D eigenvalue weighted by atomic mass is 79.9. The molecule has 16 heavy (non-hydrogen) atoms. The lowest BCUT2D eigenvalue weighted by atomic mass is 10.1. The molecule has 0 aliphatic rings. The Hall–Kier alpha value is -0.350. The molecule has 1 atom stereocenters. The van der Waals surface area contributed by atoms with E-state index in [2.05, 4.69) is 34.9 Å². The summed E-state index contributed by atoms with van der Waals surface area (Å²) in [4.78, 5) is 0. The third-order valence-corrected chi connectivity index (χ3v) is 3.93. The second-order valence-corrected chi connectivity index (χ2v) is 5.04. The van der Waals surface area contributed by atoms with E-state index in [0.29, 0.717) is 6.04 Å². The standard InChI is InChI=1S/C12H22BrN3/c1-4-9(14)7-6-8-11-12(13)10(5-2)15-16(11)3/h9H,4-8,14H2,1-3H3. The van der Waals surface area contributed by atoms with E-state index in [-0.39, 0.29) is 0 Å². The predicted molar refractivity (Wildman–Crippen MR) is 71.5 cm³/mol. The molecule has 1 rings (SSSR count). The average Bonchev–Trinajstić information content (AvgIpc) is 2.55. The van der Waals surface area contributed by atoms with Crippen molar-refractivity contribution in [2.75, 3.05) is 0 Å². The summed E-state index contributed by atoms with van der Waals surface area (Å²) < 4.78 is 3.17. The number of nitrogens with zero attached hydrogens (tertiary/aromatic N) is 2. The molecular weight excluding hydrogens is 266 g/mol. The highest BCUT2D eigenvalue weighted by Crippen LogP contribution is 2.23. The molecule has 0 aromatic carbocycles. The molecular formula is C12H22BrN3. The quantitative estimate of drug-likeness (QED) is 0.874. The van der Waals surface area contributed by atoms with Gasteiger partial charge in [0.15, 0.2) is 0 Å². The summed E-state index contributed by atoms with van der Waals surface area (Å²) in [6.45, 7) is 4.27. The molecule has 1 unspecified atom stereocenters. The minimum Gasteiger partial charge on any atom is -0.328 e. The second kappa shape index (κ2) is 6.40. The lowest BCUT2D eigenvalue weighted by Crippen LogP contribution is -2.18. The number of rotatable bonds is 6. The molecule has 0 saturated heterocycles. The van der Waals surface area contributed by atoms with Crippen LogP contribution in [0.5, 0.6) is 0 Å². The number of hydrogen-bond donors (Lipinski definition) is 1. The molecule has 0 saturated carbocycles. The third-order valence-electron chi connectivity index (χ3n) is 3.02. The SMILES string of the molecule is CCc1nn(C)c(CCCC(N)CC)c1Br. The van der Waals surface area contributed by atoms with Crippen molar-refractivity contribution in [3.8, 4) is 0 Å². The number of aryl methyl sites for hydroxylation is 2. The van der Waals surface area contributed by atoms with E-state index in [4.69, 9.17) is 5.73 Å². The molecule has 92 valence electrons. The number of nitrogens with two attached hydrogens (primary N) is 1. The first-order valence-electron chi connectivity index (χ1n) is 6.05. The van der Waals surface area contributed by atoms with Crippen molar-refractivity contribution >= 4 is 15.9 Å². The first-order valence-corrected chi connectivity index (χ1v) is 6.85. The Bertz CT molecular complexity index is 333. The summed E-state index contributed by atoms with van der Waals surface area (Å²) >= 11 is 3.63. The molecule has 1 aromatic heterocycles. The van der Waals surface area contributed by atoms with Crippen LogP contribution in [0.1, 0.15) is 44.5 Å². The summed E-state index contributed by atoms with van der Waals surface area (Å²) in [5.41, 5.74) is 8.35. The van der Waals surface area contributed by atoms with Crippen LogP contribution in [0.4, 0.5) is 0 Å².